The molecule has 0 saturated heterocycles. The molecule has 1 aromatic carbocycles. The van der Waals surface area contributed by atoms with Crippen LogP contribution in [0.2, 0.25) is 0 Å². The van der Waals surface area contributed by atoms with Gasteiger partial charge in [0.05, 0.1) is 11.1 Å². The van der Waals surface area contributed by atoms with Crippen LogP contribution in [0.1, 0.15) is 26.3 Å². The van der Waals surface area contributed by atoms with E-state index in [-0.39, 0.29) is 17.7 Å². The lowest BCUT2D eigenvalue weighted by molar-refractivity contribution is 0.0879. The van der Waals surface area contributed by atoms with Crippen molar-refractivity contribution in [2.75, 3.05) is 0 Å². The van der Waals surface area contributed by atoms with E-state index in [0.29, 0.717) is 11.1 Å². The number of nitrogens with zero attached hydrogens (tertiary/aromatic N) is 1. The summed E-state index contributed by atoms with van der Waals surface area (Å²) in [5.74, 6) is -0.505. The maximum absolute atomic E-state index is 11.2. The first-order valence-corrected chi connectivity index (χ1v) is 5.65. The van der Waals surface area contributed by atoms with Crippen molar-refractivity contribution in [1.82, 2.24) is 10.3 Å². The first-order valence-electron chi connectivity index (χ1n) is 5.65. The van der Waals surface area contributed by atoms with Gasteiger partial charge in [-0.2, -0.15) is 0 Å². The summed E-state index contributed by atoms with van der Waals surface area (Å²) in [4.78, 5) is 25.8. The molecule has 1 aromatic heterocycles. The van der Waals surface area contributed by atoms with Gasteiger partial charge in [0.15, 0.2) is 0 Å². The molecule has 96 valence electrons. The van der Waals surface area contributed by atoms with Crippen LogP contribution in [0.5, 0.6) is 5.88 Å². The highest BCUT2D eigenvalue weighted by Gasteiger charge is 2.27. The third kappa shape index (κ3) is 2.77. The van der Waals surface area contributed by atoms with Crippen LogP contribution in [-0.4, -0.2) is 21.9 Å². The average Bonchev–Trinajstić information content (AvgIpc) is 2.68. The molecule has 2 aromatic rings. The second-order valence-electron chi connectivity index (χ2n) is 3.97. The Kier molecular flexibility index (Phi) is 3.56. The highest BCUT2D eigenvalue weighted by Crippen LogP contribution is 2.18. The average molecular weight is 256 g/mol. The maximum Gasteiger partial charge on any atom is 0.259 e. The smallest absolute Gasteiger partial charge is 0.259 e. The number of aromatic nitrogens is 1. The fourth-order valence-electron chi connectivity index (χ4n) is 1.75. The Labute approximate surface area is 109 Å². The van der Waals surface area contributed by atoms with E-state index in [4.69, 9.17) is 5.11 Å². The Morgan fingerprint density at radius 3 is 2.37 bits per heavy atom. The number of aryl methyl sites for hydroxylation is 1. The van der Waals surface area contributed by atoms with Crippen molar-refractivity contribution in [1.29, 1.82) is 0 Å². The lowest BCUT2D eigenvalue weighted by Crippen LogP contribution is -2.20. The lowest BCUT2D eigenvalue weighted by Gasteiger charge is -1.96. The quantitative estimate of drug-likeness (QED) is 0.703. The predicted octanol–water partition coefficient (Wildman–Crippen LogP) is 1.67. The van der Waals surface area contributed by atoms with Crippen LogP contribution in [0.3, 0.4) is 0 Å². The van der Waals surface area contributed by atoms with Gasteiger partial charge in [0, 0.05) is 12.3 Å². The van der Waals surface area contributed by atoms with E-state index in [1.54, 1.807) is 24.3 Å². The Balaban J connectivity index is 0.000000163. The SMILES string of the molecule is Cc1cccc2c1C(=O)NC2=O.Oc1ccccn1. The molecular weight excluding hydrogens is 244 g/mol. The van der Waals surface area contributed by atoms with E-state index in [9.17, 15) is 9.59 Å². The normalized spacial score (nSPS) is 12.3. The van der Waals surface area contributed by atoms with Crippen LogP contribution in [0.4, 0.5) is 0 Å². The highest BCUT2D eigenvalue weighted by molar-refractivity contribution is 6.22. The minimum absolute atomic E-state index is 0.0718. The highest BCUT2D eigenvalue weighted by atomic mass is 16.3. The largest absolute Gasteiger partial charge is 0.493 e. The molecule has 0 radical (unpaired) electrons. The summed E-state index contributed by atoms with van der Waals surface area (Å²) in [5.41, 5.74) is 1.85. The van der Waals surface area contributed by atoms with Gasteiger partial charge < -0.3 is 5.11 Å². The Morgan fingerprint density at radius 2 is 1.84 bits per heavy atom. The van der Waals surface area contributed by atoms with Gasteiger partial charge in [0.2, 0.25) is 5.88 Å². The third-order valence-corrected chi connectivity index (χ3v) is 2.62. The van der Waals surface area contributed by atoms with Crippen molar-refractivity contribution in [3.8, 4) is 5.88 Å². The minimum Gasteiger partial charge on any atom is -0.493 e. The van der Waals surface area contributed by atoms with E-state index in [0.717, 1.165) is 5.56 Å². The van der Waals surface area contributed by atoms with Gasteiger partial charge in [0.25, 0.3) is 11.8 Å². The number of aromatic hydroxyl groups is 1. The molecule has 2 N–H and O–H groups in total. The number of carbonyl (C=O) groups excluding carboxylic acids is 2. The van der Waals surface area contributed by atoms with Crippen molar-refractivity contribution in [3.05, 3.63) is 59.3 Å². The molecule has 0 fully saturated rings. The van der Waals surface area contributed by atoms with Crippen molar-refractivity contribution in [2.24, 2.45) is 0 Å². The second-order valence-corrected chi connectivity index (χ2v) is 3.97. The van der Waals surface area contributed by atoms with Gasteiger partial charge in [-0.15, -0.1) is 0 Å². The Bertz CT molecular complexity index is 624. The summed E-state index contributed by atoms with van der Waals surface area (Å²) in [6.07, 6.45) is 1.54. The molecule has 0 aliphatic carbocycles. The fourth-order valence-corrected chi connectivity index (χ4v) is 1.75. The number of carbonyl (C=O) groups is 2. The zero-order valence-electron chi connectivity index (χ0n) is 10.3. The van der Waals surface area contributed by atoms with Gasteiger partial charge in [-0.05, 0) is 24.6 Å². The number of fused-ring (bicyclic) bond motifs is 1. The number of benzene rings is 1. The molecule has 2 amide bonds. The van der Waals surface area contributed by atoms with E-state index < -0.39 is 0 Å². The fraction of sp³-hybridized carbons (Fsp3) is 0.0714. The zero-order valence-corrected chi connectivity index (χ0v) is 10.3. The minimum atomic E-state index is -0.293. The zero-order chi connectivity index (χ0) is 13.8. The van der Waals surface area contributed by atoms with Gasteiger partial charge in [0.1, 0.15) is 0 Å². The van der Waals surface area contributed by atoms with Gasteiger partial charge in [-0.3, -0.25) is 14.9 Å². The molecule has 0 saturated carbocycles. The molecule has 0 spiro atoms. The molecule has 5 heteroatoms. The van der Waals surface area contributed by atoms with E-state index in [1.807, 2.05) is 13.0 Å². The van der Waals surface area contributed by atoms with Gasteiger partial charge >= 0.3 is 0 Å². The molecule has 3 rings (SSSR count). The van der Waals surface area contributed by atoms with E-state index in [1.165, 1.54) is 12.3 Å². The Hall–Kier alpha value is -2.69. The summed E-state index contributed by atoms with van der Waals surface area (Å²) in [6, 6.07) is 10.2. The molecule has 19 heavy (non-hydrogen) atoms. The van der Waals surface area contributed by atoms with Crippen LogP contribution in [0.15, 0.2) is 42.6 Å². The Morgan fingerprint density at radius 1 is 1.05 bits per heavy atom. The summed E-state index contributed by atoms with van der Waals surface area (Å²) in [5, 5.41) is 10.8. The second kappa shape index (κ2) is 5.30. The first-order chi connectivity index (χ1) is 9.09. The number of pyridine rings is 1. The lowest BCUT2D eigenvalue weighted by atomic mass is 10.0. The summed E-state index contributed by atoms with van der Waals surface area (Å²) in [6.45, 7) is 1.82. The molecule has 5 nitrogen and oxygen atoms in total. The van der Waals surface area contributed by atoms with Crippen molar-refractivity contribution in [3.63, 3.8) is 0 Å². The van der Waals surface area contributed by atoms with Crippen LogP contribution >= 0.6 is 0 Å². The van der Waals surface area contributed by atoms with Crippen molar-refractivity contribution >= 4 is 11.8 Å². The first kappa shape index (κ1) is 12.8. The molecule has 0 atom stereocenters. The molecule has 1 aliphatic rings. The number of amides is 2. The summed E-state index contributed by atoms with van der Waals surface area (Å²) >= 11 is 0. The summed E-state index contributed by atoms with van der Waals surface area (Å²) < 4.78 is 0. The topological polar surface area (TPSA) is 79.3 Å². The summed E-state index contributed by atoms with van der Waals surface area (Å²) in [7, 11) is 0. The number of hydrogen-bond acceptors (Lipinski definition) is 4. The molecule has 0 bridgehead atoms. The molecular formula is C14H12N2O3. The van der Waals surface area contributed by atoms with Crippen LogP contribution in [-0.2, 0) is 0 Å². The van der Waals surface area contributed by atoms with Crippen LogP contribution in [0.25, 0.3) is 0 Å². The standard InChI is InChI=1S/C9H7NO2.C5H5NO/c1-5-3-2-4-6-7(5)9(12)10-8(6)11;7-5-3-1-2-4-6-5/h2-4H,1H3,(H,10,11,12);1-4H,(H,6,7). The predicted molar refractivity (Wildman–Crippen MR) is 68.9 cm³/mol. The van der Waals surface area contributed by atoms with Crippen molar-refractivity contribution < 1.29 is 14.7 Å². The number of nitrogens with one attached hydrogen (secondary N) is 1. The number of rotatable bonds is 0. The monoisotopic (exact) mass is 256 g/mol. The van der Waals surface area contributed by atoms with Crippen molar-refractivity contribution in [2.45, 2.75) is 6.92 Å². The van der Waals surface area contributed by atoms with Crippen LogP contribution < -0.4 is 5.32 Å². The maximum atomic E-state index is 11.2. The van der Waals surface area contributed by atoms with E-state index >= 15 is 0 Å². The number of imide groups is 1. The molecule has 0 unspecified atom stereocenters. The number of hydrogen-bond donors (Lipinski definition) is 2. The van der Waals surface area contributed by atoms with Crippen LogP contribution in [0, 0.1) is 6.92 Å². The van der Waals surface area contributed by atoms with E-state index in [2.05, 4.69) is 10.3 Å². The molecule has 1 aliphatic heterocycles. The molecule has 2 heterocycles. The van der Waals surface area contributed by atoms with Gasteiger partial charge in [-0.1, -0.05) is 18.2 Å². The van der Waals surface area contributed by atoms with Gasteiger partial charge in [-0.25, -0.2) is 4.98 Å². The third-order valence-electron chi connectivity index (χ3n) is 2.62.